The molecule has 1 aromatic heterocycles. The number of halogens is 3. The van der Waals surface area contributed by atoms with Crippen molar-refractivity contribution < 1.29 is 59.7 Å². The Labute approximate surface area is 342 Å². The number of alkyl halides is 2. The van der Waals surface area contributed by atoms with Gasteiger partial charge in [0.15, 0.2) is 23.0 Å². The predicted molar refractivity (Wildman–Crippen MR) is 210 cm³/mol. The number of aromatic nitrogens is 1. The van der Waals surface area contributed by atoms with Crippen LogP contribution in [0.15, 0.2) is 36.5 Å². The van der Waals surface area contributed by atoms with Gasteiger partial charge in [-0.25, -0.2) is 26.6 Å². The summed E-state index contributed by atoms with van der Waals surface area (Å²) in [5.41, 5.74) is -3.56. The van der Waals surface area contributed by atoms with Gasteiger partial charge in [0.05, 0.1) is 53.9 Å². The maximum Gasteiger partial charge on any atom is 0.307 e. The summed E-state index contributed by atoms with van der Waals surface area (Å²) in [6.07, 6.45) is 0.927. The van der Waals surface area contributed by atoms with Gasteiger partial charge in [-0.1, -0.05) is 19.1 Å². The number of rotatable bonds is 12. The fourth-order valence-electron chi connectivity index (χ4n) is 8.03. The molecule has 59 heavy (non-hydrogen) atoms. The van der Waals surface area contributed by atoms with Crippen LogP contribution in [0.5, 0.6) is 11.6 Å². The Morgan fingerprint density at radius 1 is 1.17 bits per heavy atom. The maximum atomic E-state index is 15.1. The summed E-state index contributed by atoms with van der Waals surface area (Å²) in [6, 6.07) is 3.15. The van der Waals surface area contributed by atoms with Crippen LogP contribution in [0.2, 0.25) is 0 Å². The number of allylic oxidation sites excluding steroid dienone is 2. The number of amides is 2. The molecule has 2 amide bonds. The number of hydrogen-bond acceptors (Lipinski definition) is 11. The summed E-state index contributed by atoms with van der Waals surface area (Å²) in [5.74, 6) is -5.42. The molecule has 0 spiro atoms. The zero-order valence-electron chi connectivity index (χ0n) is 34.3. The first kappa shape index (κ1) is 44.3. The second-order valence-electron chi connectivity index (χ2n) is 17.1. The van der Waals surface area contributed by atoms with Gasteiger partial charge in [-0.15, -0.1) is 0 Å². The SMILES string of the molecule is CCOc1cc2ccnc(O[C@@H]3C[C@H]4C(=O)C[C@]5(C(=O)NS(=O)(=O)C6(C)CC6)C[C@H]5/C=C\CC[C@@H](C)O[C@@H](CC)[C@H](CC(=O)OC(C)(C)C(F)F)C(=O)N4C3)c2cc1F. The standard InChI is InChI=1S/C42H54F3N3O10S/c1-7-33-29(20-35(50)58-40(4,5)38(44)45)37(51)48-23-27(57-36-28-19-30(43)34(55-8-2)17-25(28)13-16-46-36)18-31(48)32(49)22-42(21-26(42)12-10-9-11-24(3)56-33)39(52)47-59(53,54)41(6)14-15-41/h10,12-13,16-17,19,24,26-27,29,31,33,38H,7-9,11,14-15,18,20-23H2,1-6H3,(H,47,52)/b12-10-/t24-,26-,27-,29+,31+,33+,42-/m1/s1. The van der Waals surface area contributed by atoms with Gasteiger partial charge in [-0.2, -0.15) is 0 Å². The van der Waals surface area contributed by atoms with Crippen LogP contribution in [-0.4, -0.2) is 96.1 Å². The number of fused-ring (bicyclic) bond motifs is 3. The van der Waals surface area contributed by atoms with Gasteiger partial charge in [-0.05, 0) is 103 Å². The summed E-state index contributed by atoms with van der Waals surface area (Å²) in [5, 5.41) is 0.859. The van der Waals surface area contributed by atoms with Gasteiger partial charge in [0.25, 0.3) is 6.43 Å². The minimum atomic E-state index is -4.05. The molecule has 3 heterocycles. The van der Waals surface area contributed by atoms with E-state index in [1.807, 2.05) is 12.2 Å². The van der Waals surface area contributed by atoms with E-state index in [1.165, 1.54) is 23.2 Å². The van der Waals surface area contributed by atoms with E-state index in [0.717, 1.165) is 13.8 Å². The molecule has 1 saturated heterocycles. The lowest BCUT2D eigenvalue weighted by Crippen LogP contribution is -2.49. The van der Waals surface area contributed by atoms with Gasteiger partial charge < -0.3 is 23.8 Å². The summed E-state index contributed by atoms with van der Waals surface area (Å²) in [6.45, 7) is 8.99. The molecule has 4 aliphatic rings. The van der Waals surface area contributed by atoms with E-state index in [2.05, 4.69) is 9.71 Å². The second kappa shape index (κ2) is 17.0. The van der Waals surface area contributed by atoms with Gasteiger partial charge in [0, 0.05) is 24.4 Å². The maximum absolute atomic E-state index is 15.1. The highest BCUT2D eigenvalue weighted by atomic mass is 32.2. The van der Waals surface area contributed by atoms with Crippen molar-refractivity contribution in [2.45, 2.75) is 140 Å². The Morgan fingerprint density at radius 2 is 1.90 bits per heavy atom. The summed E-state index contributed by atoms with van der Waals surface area (Å²) < 4.78 is 93.6. The van der Waals surface area contributed by atoms with E-state index in [-0.39, 0.29) is 44.0 Å². The van der Waals surface area contributed by atoms with E-state index < -0.39 is 111 Å². The van der Waals surface area contributed by atoms with Crippen molar-refractivity contribution in [3.05, 3.63) is 42.4 Å². The Balaban J connectivity index is 1.37. The van der Waals surface area contributed by atoms with Gasteiger partial charge in [-0.3, -0.25) is 23.9 Å². The number of Topliss-reactive ketones (excluding diaryl/α,β-unsaturated/α-hetero) is 1. The number of esters is 1. The molecule has 324 valence electrons. The van der Waals surface area contributed by atoms with Crippen LogP contribution in [0.4, 0.5) is 13.2 Å². The molecule has 6 rings (SSSR count). The molecule has 2 saturated carbocycles. The molecule has 17 heteroatoms. The number of pyridine rings is 1. The van der Waals surface area contributed by atoms with Gasteiger partial charge in [0.2, 0.25) is 27.7 Å². The zero-order chi connectivity index (χ0) is 43.1. The van der Waals surface area contributed by atoms with E-state index in [1.54, 1.807) is 33.8 Å². The number of nitrogens with zero attached hydrogens (tertiary/aromatic N) is 2. The second-order valence-corrected chi connectivity index (χ2v) is 19.3. The molecule has 0 unspecified atom stereocenters. The normalized spacial score (nSPS) is 29.2. The molecule has 7 atom stereocenters. The largest absolute Gasteiger partial charge is 0.491 e. The van der Waals surface area contributed by atoms with Crippen molar-refractivity contribution in [3.8, 4) is 11.6 Å². The lowest BCUT2D eigenvalue weighted by Gasteiger charge is -2.34. The molecule has 1 aromatic carbocycles. The number of ketones is 1. The Kier molecular flexibility index (Phi) is 12.8. The van der Waals surface area contributed by atoms with E-state index in [0.29, 0.717) is 36.5 Å². The number of sulfonamides is 1. The zero-order valence-corrected chi connectivity index (χ0v) is 35.1. The van der Waals surface area contributed by atoms with Crippen LogP contribution in [0.3, 0.4) is 0 Å². The smallest absolute Gasteiger partial charge is 0.307 e. The Bertz CT molecular complexity index is 2090. The number of hydrogen-bond donors (Lipinski definition) is 1. The minimum absolute atomic E-state index is 0.0251. The lowest BCUT2D eigenvalue weighted by atomic mass is 9.90. The number of benzene rings is 1. The fraction of sp³-hybridized carbons (Fsp3) is 0.643. The number of carbonyl (C=O) groups is 4. The summed E-state index contributed by atoms with van der Waals surface area (Å²) >= 11 is 0. The van der Waals surface area contributed by atoms with Crippen LogP contribution >= 0.6 is 0 Å². The minimum Gasteiger partial charge on any atom is -0.491 e. The number of nitrogens with one attached hydrogen (secondary N) is 1. The van der Waals surface area contributed by atoms with Crippen LogP contribution in [0.25, 0.3) is 10.8 Å². The Hall–Kier alpha value is -4.25. The van der Waals surface area contributed by atoms with Crippen LogP contribution in [0, 0.1) is 23.1 Å². The van der Waals surface area contributed by atoms with Crippen molar-refractivity contribution in [1.82, 2.24) is 14.6 Å². The average Bonchev–Trinajstić information content (AvgIpc) is 4.05. The fourth-order valence-corrected chi connectivity index (χ4v) is 9.36. The van der Waals surface area contributed by atoms with Crippen molar-refractivity contribution in [1.29, 1.82) is 0 Å². The van der Waals surface area contributed by atoms with Crippen LogP contribution < -0.4 is 14.2 Å². The quantitative estimate of drug-likeness (QED) is 0.191. The predicted octanol–water partition coefficient (Wildman–Crippen LogP) is 6.21. The topological polar surface area (TPSA) is 168 Å². The highest BCUT2D eigenvalue weighted by Crippen LogP contribution is 2.57. The van der Waals surface area contributed by atoms with Crippen molar-refractivity contribution in [2.24, 2.45) is 17.3 Å². The van der Waals surface area contributed by atoms with E-state index in [9.17, 15) is 36.4 Å². The van der Waals surface area contributed by atoms with E-state index >= 15 is 4.39 Å². The first-order chi connectivity index (χ1) is 27.7. The Morgan fingerprint density at radius 3 is 2.56 bits per heavy atom. The molecule has 0 bridgehead atoms. The molecule has 2 aromatic rings. The number of carbonyl (C=O) groups excluding carboxylic acids is 4. The molecule has 2 aliphatic heterocycles. The molecule has 13 nitrogen and oxygen atoms in total. The first-order valence-electron chi connectivity index (χ1n) is 20.3. The van der Waals surface area contributed by atoms with Crippen LogP contribution in [-0.2, 0) is 38.7 Å². The molecule has 1 N–H and O–H groups in total. The van der Waals surface area contributed by atoms with Gasteiger partial charge in [0.1, 0.15) is 6.10 Å². The highest BCUT2D eigenvalue weighted by Gasteiger charge is 2.63. The third-order valence-electron chi connectivity index (χ3n) is 12.2. The lowest BCUT2D eigenvalue weighted by molar-refractivity contribution is -0.176. The molecular weight excluding hydrogens is 796 g/mol. The van der Waals surface area contributed by atoms with Crippen LogP contribution in [0.1, 0.15) is 99.3 Å². The number of ether oxygens (including phenoxy) is 4. The third kappa shape index (κ3) is 9.40. The molecular formula is C42H54F3N3O10S. The monoisotopic (exact) mass is 849 g/mol. The molecule has 0 radical (unpaired) electrons. The summed E-state index contributed by atoms with van der Waals surface area (Å²) in [7, 11) is -4.05. The van der Waals surface area contributed by atoms with Crippen molar-refractivity contribution in [3.63, 3.8) is 0 Å². The summed E-state index contributed by atoms with van der Waals surface area (Å²) in [4.78, 5) is 62.5. The van der Waals surface area contributed by atoms with Crippen molar-refractivity contribution in [2.75, 3.05) is 13.2 Å². The molecule has 2 aliphatic carbocycles. The van der Waals surface area contributed by atoms with Gasteiger partial charge >= 0.3 is 5.97 Å². The molecule has 3 fully saturated rings. The van der Waals surface area contributed by atoms with E-state index in [4.69, 9.17) is 18.9 Å². The average molecular weight is 850 g/mol. The third-order valence-corrected chi connectivity index (χ3v) is 14.3. The first-order valence-corrected chi connectivity index (χ1v) is 21.8. The van der Waals surface area contributed by atoms with Crippen molar-refractivity contribution >= 4 is 44.4 Å². The highest BCUT2D eigenvalue weighted by molar-refractivity contribution is 7.91.